The van der Waals surface area contributed by atoms with Gasteiger partial charge in [0.25, 0.3) is 5.56 Å². The Morgan fingerprint density at radius 2 is 1.96 bits per heavy atom. The molecule has 0 amide bonds. The summed E-state index contributed by atoms with van der Waals surface area (Å²) in [5.74, 6) is -0.574. The predicted octanol–water partition coefficient (Wildman–Crippen LogP) is 1.70. The second-order valence-electron chi connectivity index (χ2n) is 5.02. The van der Waals surface area contributed by atoms with Crippen LogP contribution >= 0.6 is 23.2 Å². The lowest BCUT2D eigenvalue weighted by atomic mass is 10.1. The Bertz CT molecular complexity index is 757. The summed E-state index contributed by atoms with van der Waals surface area (Å²) in [6.07, 6.45) is 1.84. The Hall–Kier alpha value is -1.89. The van der Waals surface area contributed by atoms with Crippen LogP contribution in [-0.2, 0) is 29.6 Å². The molecule has 1 atom stereocenters. The van der Waals surface area contributed by atoms with Crippen molar-refractivity contribution in [3.8, 4) is 0 Å². The van der Waals surface area contributed by atoms with Crippen LogP contribution < -0.4 is 11.3 Å². The zero-order valence-electron chi connectivity index (χ0n) is 12.3. The second kappa shape index (κ2) is 7.59. The van der Waals surface area contributed by atoms with E-state index in [4.69, 9.17) is 33.7 Å². The van der Waals surface area contributed by atoms with Crippen molar-refractivity contribution in [2.24, 2.45) is 12.8 Å². The molecule has 0 radical (unpaired) electrons. The first-order chi connectivity index (χ1) is 10.8. The summed E-state index contributed by atoms with van der Waals surface area (Å²) in [5, 5.41) is 0.431. The van der Waals surface area contributed by atoms with Gasteiger partial charge in [0.1, 0.15) is 23.0 Å². The molecule has 2 heterocycles. The van der Waals surface area contributed by atoms with Crippen LogP contribution in [0.25, 0.3) is 0 Å². The summed E-state index contributed by atoms with van der Waals surface area (Å²) in [6.45, 7) is -0.00888. The van der Waals surface area contributed by atoms with Crippen molar-refractivity contribution in [3.63, 3.8) is 0 Å². The van der Waals surface area contributed by atoms with Gasteiger partial charge in [-0.3, -0.25) is 9.59 Å². The molecule has 0 fully saturated rings. The van der Waals surface area contributed by atoms with Crippen LogP contribution in [0.2, 0.25) is 10.3 Å². The van der Waals surface area contributed by atoms with Crippen LogP contribution in [0.1, 0.15) is 11.1 Å². The molecule has 2 N–H and O–H groups in total. The number of nitrogens with two attached hydrogens (primary N) is 1. The third-order valence-electron chi connectivity index (χ3n) is 3.13. The molecule has 0 saturated carbocycles. The standard InChI is InChI=1S/C15H15Cl2N3O3/c1-20-3-2-9(7-14(20)21)4-11(18)15(22)23-8-10-5-12(16)19-13(17)6-10/h2-3,5-7,11H,4,8,18H2,1H3/t11-/m0/s1. The van der Waals surface area contributed by atoms with Crippen molar-refractivity contribution < 1.29 is 9.53 Å². The summed E-state index contributed by atoms with van der Waals surface area (Å²) in [7, 11) is 1.64. The Morgan fingerprint density at radius 1 is 1.30 bits per heavy atom. The number of ether oxygens (including phenoxy) is 1. The number of rotatable bonds is 5. The van der Waals surface area contributed by atoms with Crippen LogP contribution in [0.4, 0.5) is 0 Å². The van der Waals surface area contributed by atoms with Gasteiger partial charge in [0.05, 0.1) is 0 Å². The number of aryl methyl sites for hydroxylation is 1. The number of pyridine rings is 2. The molecule has 0 bridgehead atoms. The van der Waals surface area contributed by atoms with Crippen molar-refractivity contribution in [2.45, 2.75) is 19.1 Å². The van der Waals surface area contributed by atoms with Gasteiger partial charge in [-0.25, -0.2) is 4.98 Å². The third kappa shape index (κ3) is 5.06. The maximum Gasteiger partial charge on any atom is 0.323 e. The summed E-state index contributed by atoms with van der Waals surface area (Å²) < 4.78 is 6.57. The zero-order valence-corrected chi connectivity index (χ0v) is 13.8. The molecule has 6 nitrogen and oxygen atoms in total. The highest BCUT2D eigenvalue weighted by atomic mass is 35.5. The van der Waals surface area contributed by atoms with Crippen LogP contribution in [0, 0.1) is 0 Å². The second-order valence-corrected chi connectivity index (χ2v) is 5.80. The van der Waals surface area contributed by atoms with E-state index in [1.54, 1.807) is 31.4 Å². The van der Waals surface area contributed by atoms with Crippen LogP contribution in [0.15, 0.2) is 35.3 Å². The first kappa shape index (κ1) is 17.5. The van der Waals surface area contributed by atoms with Gasteiger partial charge in [-0.2, -0.15) is 0 Å². The fourth-order valence-corrected chi connectivity index (χ4v) is 2.42. The molecule has 0 aromatic carbocycles. The highest BCUT2D eigenvalue weighted by Gasteiger charge is 2.16. The number of halogens is 2. The zero-order chi connectivity index (χ0) is 17.0. The third-order valence-corrected chi connectivity index (χ3v) is 3.52. The molecule has 0 saturated heterocycles. The smallest absolute Gasteiger partial charge is 0.323 e. The maximum absolute atomic E-state index is 11.9. The molecule has 2 aromatic heterocycles. The van der Waals surface area contributed by atoms with Gasteiger partial charge in [-0.1, -0.05) is 23.2 Å². The quantitative estimate of drug-likeness (QED) is 0.651. The summed E-state index contributed by atoms with van der Waals surface area (Å²) in [6, 6.07) is 5.40. The number of aromatic nitrogens is 2. The van der Waals surface area contributed by atoms with Crippen LogP contribution in [0.5, 0.6) is 0 Å². The number of esters is 1. The van der Waals surface area contributed by atoms with E-state index in [9.17, 15) is 9.59 Å². The fraction of sp³-hybridized carbons (Fsp3) is 0.267. The Morgan fingerprint density at radius 3 is 2.57 bits per heavy atom. The Kier molecular flexibility index (Phi) is 5.76. The van der Waals surface area contributed by atoms with Crippen molar-refractivity contribution in [2.75, 3.05) is 0 Å². The van der Waals surface area contributed by atoms with Crippen LogP contribution in [-0.4, -0.2) is 21.6 Å². The van der Waals surface area contributed by atoms with Gasteiger partial charge in [-0.05, 0) is 35.7 Å². The molecular weight excluding hydrogens is 341 g/mol. The lowest BCUT2D eigenvalue weighted by Gasteiger charge is -2.12. The number of carbonyl (C=O) groups excluding carboxylic acids is 1. The minimum atomic E-state index is -0.866. The average molecular weight is 356 g/mol. The molecule has 0 aliphatic heterocycles. The highest BCUT2D eigenvalue weighted by molar-refractivity contribution is 6.32. The van der Waals surface area contributed by atoms with Crippen molar-refractivity contribution in [1.29, 1.82) is 0 Å². The number of hydrogen-bond acceptors (Lipinski definition) is 5. The van der Waals surface area contributed by atoms with E-state index in [0.29, 0.717) is 11.1 Å². The molecule has 122 valence electrons. The summed E-state index contributed by atoms with van der Waals surface area (Å²) >= 11 is 11.5. The van der Waals surface area contributed by atoms with Gasteiger partial charge < -0.3 is 15.0 Å². The largest absolute Gasteiger partial charge is 0.460 e. The number of nitrogens with zero attached hydrogens (tertiary/aromatic N) is 2. The average Bonchev–Trinajstić information content (AvgIpc) is 2.47. The highest BCUT2D eigenvalue weighted by Crippen LogP contribution is 2.15. The van der Waals surface area contributed by atoms with Crippen molar-refractivity contribution in [3.05, 3.63) is 62.2 Å². The van der Waals surface area contributed by atoms with E-state index in [1.165, 1.54) is 10.6 Å². The molecule has 0 unspecified atom stereocenters. The summed E-state index contributed by atoms with van der Waals surface area (Å²) in [5.41, 5.74) is 6.94. The van der Waals surface area contributed by atoms with E-state index in [-0.39, 0.29) is 28.9 Å². The van der Waals surface area contributed by atoms with Crippen molar-refractivity contribution >= 4 is 29.2 Å². The van der Waals surface area contributed by atoms with Gasteiger partial charge in [0.15, 0.2) is 0 Å². The van der Waals surface area contributed by atoms with E-state index in [0.717, 1.165) is 0 Å². The molecular formula is C15H15Cl2N3O3. The minimum absolute atomic E-state index is 0.00888. The van der Waals surface area contributed by atoms with E-state index >= 15 is 0 Å². The Balaban J connectivity index is 1.94. The van der Waals surface area contributed by atoms with Gasteiger partial charge in [0.2, 0.25) is 0 Å². The topological polar surface area (TPSA) is 87.2 Å². The van der Waals surface area contributed by atoms with Crippen LogP contribution in [0.3, 0.4) is 0 Å². The predicted molar refractivity (Wildman–Crippen MR) is 87.4 cm³/mol. The molecule has 0 aliphatic rings. The maximum atomic E-state index is 11.9. The van der Waals surface area contributed by atoms with E-state index < -0.39 is 12.0 Å². The monoisotopic (exact) mass is 355 g/mol. The van der Waals surface area contributed by atoms with Crippen molar-refractivity contribution in [1.82, 2.24) is 9.55 Å². The minimum Gasteiger partial charge on any atom is -0.460 e. The summed E-state index contributed by atoms with van der Waals surface area (Å²) in [4.78, 5) is 27.3. The molecule has 2 aromatic rings. The SMILES string of the molecule is Cn1ccc(C[C@H](N)C(=O)OCc2cc(Cl)nc(Cl)c2)cc1=O. The van der Waals surface area contributed by atoms with E-state index in [1.807, 2.05) is 0 Å². The molecule has 2 rings (SSSR count). The molecule has 0 aliphatic carbocycles. The van der Waals surface area contributed by atoms with Gasteiger partial charge in [0, 0.05) is 19.3 Å². The number of hydrogen-bond donors (Lipinski definition) is 1. The molecule has 8 heteroatoms. The fourth-order valence-electron chi connectivity index (χ4n) is 1.91. The normalized spacial score (nSPS) is 12.0. The molecule has 23 heavy (non-hydrogen) atoms. The Labute approximate surface area is 142 Å². The first-order valence-corrected chi connectivity index (χ1v) is 7.50. The molecule has 0 spiro atoms. The van der Waals surface area contributed by atoms with E-state index in [2.05, 4.69) is 4.98 Å². The first-order valence-electron chi connectivity index (χ1n) is 6.75. The number of carbonyl (C=O) groups is 1. The lowest BCUT2D eigenvalue weighted by molar-refractivity contribution is -0.146. The lowest BCUT2D eigenvalue weighted by Crippen LogP contribution is -2.34. The van der Waals surface area contributed by atoms with Gasteiger partial charge in [-0.15, -0.1) is 0 Å². The van der Waals surface area contributed by atoms with Gasteiger partial charge >= 0.3 is 5.97 Å².